The smallest absolute Gasteiger partial charge is 0.258 e. The van der Waals surface area contributed by atoms with E-state index in [9.17, 15) is 0 Å². The number of methoxy groups -OCH3 is 1. The lowest BCUT2D eigenvalue weighted by molar-refractivity contribution is 0.0683. The van der Waals surface area contributed by atoms with Crippen molar-refractivity contribution in [1.29, 1.82) is 0 Å². The Bertz CT molecular complexity index is 493. The summed E-state index contributed by atoms with van der Waals surface area (Å²) in [4.78, 5) is 4.31. The van der Waals surface area contributed by atoms with Crippen molar-refractivity contribution in [3.8, 4) is 17.2 Å². The van der Waals surface area contributed by atoms with Gasteiger partial charge in [-0.15, -0.1) is 0 Å². The first-order valence-electron chi connectivity index (χ1n) is 5.84. The highest BCUT2D eigenvalue weighted by molar-refractivity contribution is 5.54. The SMILES string of the molecule is CCOC(C)c1noc(-c2ccc(OC)cc2)n1. The van der Waals surface area contributed by atoms with Crippen LogP contribution >= 0.6 is 0 Å². The van der Waals surface area contributed by atoms with Gasteiger partial charge in [0.1, 0.15) is 11.9 Å². The third-order valence-corrected chi connectivity index (χ3v) is 2.56. The van der Waals surface area contributed by atoms with Gasteiger partial charge < -0.3 is 14.0 Å². The van der Waals surface area contributed by atoms with Gasteiger partial charge in [0.15, 0.2) is 0 Å². The van der Waals surface area contributed by atoms with Crippen molar-refractivity contribution in [3.63, 3.8) is 0 Å². The van der Waals surface area contributed by atoms with Crippen LogP contribution in [-0.2, 0) is 4.74 Å². The van der Waals surface area contributed by atoms with Crippen molar-refractivity contribution in [3.05, 3.63) is 30.1 Å². The molecule has 0 aliphatic carbocycles. The number of hydrogen-bond donors (Lipinski definition) is 0. The van der Waals surface area contributed by atoms with Gasteiger partial charge in [-0.25, -0.2) is 0 Å². The van der Waals surface area contributed by atoms with Gasteiger partial charge >= 0.3 is 0 Å². The highest BCUT2D eigenvalue weighted by atomic mass is 16.5. The molecule has 0 aliphatic rings. The van der Waals surface area contributed by atoms with Crippen molar-refractivity contribution >= 4 is 0 Å². The summed E-state index contributed by atoms with van der Waals surface area (Å²) in [5.74, 6) is 1.84. The summed E-state index contributed by atoms with van der Waals surface area (Å²) >= 11 is 0. The van der Waals surface area contributed by atoms with Gasteiger partial charge in [0.2, 0.25) is 5.82 Å². The maximum atomic E-state index is 5.41. The zero-order valence-corrected chi connectivity index (χ0v) is 10.7. The quantitative estimate of drug-likeness (QED) is 0.814. The number of ether oxygens (including phenoxy) is 2. The van der Waals surface area contributed by atoms with E-state index >= 15 is 0 Å². The maximum absolute atomic E-state index is 5.41. The Morgan fingerprint density at radius 2 is 2.00 bits per heavy atom. The van der Waals surface area contributed by atoms with Gasteiger partial charge in [-0.1, -0.05) is 5.16 Å². The van der Waals surface area contributed by atoms with E-state index < -0.39 is 0 Å². The van der Waals surface area contributed by atoms with E-state index in [0.717, 1.165) is 11.3 Å². The molecule has 0 amide bonds. The molecule has 0 spiro atoms. The first-order chi connectivity index (χ1) is 8.74. The minimum absolute atomic E-state index is 0.161. The van der Waals surface area contributed by atoms with Crippen LogP contribution in [0.2, 0.25) is 0 Å². The van der Waals surface area contributed by atoms with Gasteiger partial charge in [-0.3, -0.25) is 0 Å². The zero-order valence-electron chi connectivity index (χ0n) is 10.7. The van der Waals surface area contributed by atoms with Gasteiger partial charge in [-0.2, -0.15) is 4.98 Å². The molecule has 5 heteroatoms. The minimum Gasteiger partial charge on any atom is -0.497 e. The van der Waals surface area contributed by atoms with Crippen LogP contribution in [0.3, 0.4) is 0 Å². The molecular formula is C13H16N2O3. The van der Waals surface area contributed by atoms with Crippen LogP contribution in [0, 0.1) is 0 Å². The summed E-state index contributed by atoms with van der Waals surface area (Å²) < 4.78 is 15.7. The van der Waals surface area contributed by atoms with Crippen LogP contribution in [0.4, 0.5) is 0 Å². The Hall–Kier alpha value is -1.88. The lowest BCUT2D eigenvalue weighted by atomic mass is 10.2. The molecule has 1 aromatic heterocycles. The Kier molecular flexibility index (Phi) is 3.94. The second kappa shape index (κ2) is 5.64. The molecule has 0 radical (unpaired) electrons. The van der Waals surface area contributed by atoms with Crippen molar-refractivity contribution in [1.82, 2.24) is 10.1 Å². The highest BCUT2D eigenvalue weighted by Crippen LogP contribution is 2.22. The number of benzene rings is 1. The molecule has 0 saturated carbocycles. The molecule has 1 heterocycles. The molecule has 1 atom stereocenters. The molecule has 5 nitrogen and oxygen atoms in total. The molecule has 0 fully saturated rings. The van der Waals surface area contributed by atoms with Gasteiger partial charge in [-0.05, 0) is 38.1 Å². The molecule has 96 valence electrons. The van der Waals surface area contributed by atoms with Crippen LogP contribution in [0.25, 0.3) is 11.5 Å². The van der Waals surface area contributed by atoms with Crippen molar-refractivity contribution in [2.24, 2.45) is 0 Å². The summed E-state index contributed by atoms with van der Waals surface area (Å²) in [6.07, 6.45) is -0.161. The van der Waals surface area contributed by atoms with E-state index in [1.807, 2.05) is 38.1 Å². The molecule has 0 aliphatic heterocycles. The molecule has 0 bridgehead atoms. The Labute approximate surface area is 106 Å². The second-order valence-corrected chi connectivity index (χ2v) is 3.78. The number of rotatable bonds is 5. The predicted molar refractivity (Wildman–Crippen MR) is 66.3 cm³/mol. The summed E-state index contributed by atoms with van der Waals surface area (Å²) in [6, 6.07) is 7.46. The number of nitrogens with zero attached hydrogens (tertiary/aromatic N) is 2. The Morgan fingerprint density at radius 1 is 1.28 bits per heavy atom. The molecule has 0 N–H and O–H groups in total. The Morgan fingerprint density at radius 3 is 2.61 bits per heavy atom. The van der Waals surface area contributed by atoms with Crippen molar-refractivity contribution in [2.45, 2.75) is 20.0 Å². The van der Waals surface area contributed by atoms with Crippen LogP contribution in [0.5, 0.6) is 5.75 Å². The predicted octanol–water partition coefficient (Wildman–Crippen LogP) is 2.84. The van der Waals surface area contributed by atoms with Crippen LogP contribution in [0.1, 0.15) is 25.8 Å². The Balaban J connectivity index is 2.18. The fourth-order valence-corrected chi connectivity index (χ4v) is 1.58. The van der Waals surface area contributed by atoms with Crippen molar-refractivity contribution < 1.29 is 14.0 Å². The molecule has 18 heavy (non-hydrogen) atoms. The van der Waals surface area contributed by atoms with E-state index in [1.165, 1.54) is 0 Å². The minimum atomic E-state index is -0.161. The summed E-state index contributed by atoms with van der Waals surface area (Å²) in [5, 5.41) is 3.91. The van der Waals surface area contributed by atoms with E-state index in [1.54, 1.807) is 7.11 Å². The summed E-state index contributed by atoms with van der Waals surface area (Å²) in [5.41, 5.74) is 0.859. The standard InChI is InChI=1S/C13H16N2O3/c1-4-17-9(2)12-14-13(18-15-12)10-5-7-11(16-3)8-6-10/h5-9H,4H2,1-3H3. The summed E-state index contributed by atoms with van der Waals surface area (Å²) in [6.45, 7) is 4.45. The number of aromatic nitrogens is 2. The zero-order chi connectivity index (χ0) is 13.0. The fourth-order valence-electron chi connectivity index (χ4n) is 1.58. The third-order valence-electron chi connectivity index (χ3n) is 2.56. The third kappa shape index (κ3) is 2.68. The molecule has 0 saturated heterocycles. The van der Waals surface area contributed by atoms with Gasteiger partial charge in [0.25, 0.3) is 5.89 Å². The van der Waals surface area contributed by atoms with Crippen LogP contribution in [-0.4, -0.2) is 23.9 Å². The average molecular weight is 248 g/mol. The molecule has 1 unspecified atom stereocenters. The van der Waals surface area contributed by atoms with E-state index in [4.69, 9.17) is 14.0 Å². The van der Waals surface area contributed by atoms with Crippen LogP contribution in [0.15, 0.2) is 28.8 Å². The first-order valence-corrected chi connectivity index (χ1v) is 5.84. The molecule has 1 aromatic carbocycles. The normalized spacial score (nSPS) is 12.4. The maximum Gasteiger partial charge on any atom is 0.258 e. The number of hydrogen-bond acceptors (Lipinski definition) is 5. The van der Waals surface area contributed by atoms with Crippen LogP contribution < -0.4 is 4.74 Å². The lowest BCUT2D eigenvalue weighted by Crippen LogP contribution is -2.01. The van der Waals surface area contributed by atoms with Crippen molar-refractivity contribution in [2.75, 3.05) is 13.7 Å². The molecule has 2 rings (SSSR count). The fraction of sp³-hybridized carbons (Fsp3) is 0.385. The van der Waals surface area contributed by atoms with Gasteiger partial charge in [0.05, 0.1) is 7.11 Å². The highest BCUT2D eigenvalue weighted by Gasteiger charge is 2.14. The van der Waals surface area contributed by atoms with E-state index in [0.29, 0.717) is 18.3 Å². The molecular weight excluding hydrogens is 232 g/mol. The second-order valence-electron chi connectivity index (χ2n) is 3.78. The lowest BCUT2D eigenvalue weighted by Gasteiger charge is -2.04. The largest absolute Gasteiger partial charge is 0.497 e. The average Bonchev–Trinajstić information content (AvgIpc) is 2.89. The monoisotopic (exact) mass is 248 g/mol. The molecule has 2 aromatic rings. The van der Waals surface area contributed by atoms with E-state index in [-0.39, 0.29) is 6.10 Å². The summed E-state index contributed by atoms with van der Waals surface area (Å²) in [7, 11) is 1.63. The van der Waals surface area contributed by atoms with Gasteiger partial charge in [0, 0.05) is 12.2 Å². The first kappa shape index (κ1) is 12.6. The van der Waals surface area contributed by atoms with E-state index in [2.05, 4.69) is 10.1 Å². The topological polar surface area (TPSA) is 57.4 Å².